The molecule has 1 unspecified atom stereocenters. The van der Waals surface area contributed by atoms with Gasteiger partial charge in [0.1, 0.15) is 5.75 Å². The summed E-state index contributed by atoms with van der Waals surface area (Å²) in [6.07, 6.45) is 14.2. The molecule has 1 atom stereocenters. The van der Waals surface area contributed by atoms with E-state index in [1.54, 1.807) is 16.7 Å². The molecule has 0 spiro atoms. The molecule has 8 nitrogen and oxygen atoms in total. The molecule has 0 saturated heterocycles. The van der Waals surface area contributed by atoms with Gasteiger partial charge in [0.25, 0.3) is 5.91 Å². The van der Waals surface area contributed by atoms with Crippen LogP contribution in [0.15, 0.2) is 53.3 Å². The molecule has 4 rings (SSSR count). The molecular weight excluding hydrogens is 516 g/mol. The van der Waals surface area contributed by atoms with E-state index in [4.69, 9.17) is 0 Å². The van der Waals surface area contributed by atoms with Crippen molar-refractivity contribution in [3.63, 3.8) is 0 Å². The van der Waals surface area contributed by atoms with Crippen molar-refractivity contribution in [2.24, 2.45) is 0 Å². The number of hydrogen-bond acceptors (Lipinski definition) is 5. The van der Waals surface area contributed by atoms with E-state index in [-0.39, 0.29) is 22.9 Å². The average molecular weight is 563 g/mol. The van der Waals surface area contributed by atoms with Crippen LogP contribution in [0.2, 0.25) is 0 Å². The fraction of sp³-hybridized carbons (Fsp3) is 0.515. The lowest BCUT2D eigenvalue weighted by atomic mass is 10.0. The summed E-state index contributed by atoms with van der Waals surface area (Å²) in [7, 11) is 0. The van der Waals surface area contributed by atoms with Crippen LogP contribution in [0.3, 0.4) is 0 Å². The van der Waals surface area contributed by atoms with E-state index in [9.17, 15) is 19.8 Å². The number of carbonyl (C=O) groups is 1. The number of H-pyrrole nitrogens is 1. The van der Waals surface area contributed by atoms with E-state index in [1.807, 2.05) is 30.3 Å². The lowest BCUT2D eigenvalue weighted by Crippen LogP contribution is -2.34. The number of nitrogens with one attached hydrogen (secondary N) is 2. The van der Waals surface area contributed by atoms with E-state index in [2.05, 4.69) is 22.1 Å². The van der Waals surface area contributed by atoms with Gasteiger partial charge in [0.05, 0.1) is 22.7 Å². The van der Waals surface area contributed by atoms with Gasteiger partial charge < -0.3 is 20.5 Å². The van der Waals surface area contributed by atoms with Gasteiger partial charge in [-0.1, -0.05) is 89.0 Å². The Morgan fingerprint density at radius 3 is 2.41 bits per heavy atom. The van der Waals surface area contributed by atoms with Crippen LogP contribution < -0.4 is 11.0 Å². The van der Waals surface area contributed by atoms with Crippen LogP contribution >= 0.6 is 0 Å². The van der Waals surface area contributed by atoms with Crippen LogP contribution in [0.5, 0.6) is 5.75 Å². The number of β-amino-alcohol motifs (C(OH)–C–C–N with tert-alkyl or cyclic N) is 1. The van der Waals surface area contributed by atoms with Crippen molar-refractivity contribution in [3.8, 4) is 5.75 Å². The van der Waals surface area contributed by atoms with E-state index >= 15 is 0 Å². The second-order valence-electron chi connectivity index (χ2n) is 11.2. The molecule has 0 fully saturated rings. The summed E-state index contributed by atoms with van der Waals surface area (Å²) in [5.74, 6) is -0.404. The SMILES string of the molecule is CCCCCCCCCCCCNC(=O)c1cc(C(O)CN2CC=C(n3c(=O)[nH]c4ccccc43)CC2)ccc1O. The smallest absolute Gasteiger partial charge is 0.330 e. The second-order valence-corrected chi connectivity index (χ2v) is 11.2. The highest BCUT2D eigenvalue weighted by molar-refractivity contribution is 5.97. The summed E-state index contributed by atoms with van der Waals surface area (Å²) < 4.78 is 1.73. The fourth-order valence-electron chi connectivity index (χ4n) is 5.61. The lowest BCUT2D eigenvalue weighted by Gasteiger charge is -2.28. The molecule has 1 aliphatic rings. The Bertz CT molecular complexity index is 1360. The van der Waals surface area contributed by atoms with Gasteiger partial charge in [0, 0.05) is 38.3 Å². The number of imidazole rings is 1. The molecule has 2 heterocycles. The summed E-state index contributed by atoms with van der Waals surface area (Å²) in [5.41, 5.74) is 3.26. The average Bonchev–Trinajstić information content (AvgIpc) is 3.32. The van der Waals surface area contributed by atoms with Crippen LogP contribution in [-0.2, 0) is 0 Å². The van der Waals surface area contributed by atoms with Crippen LogP contribution in [0.1, 0.15) is 99.6 Å². The van der Waals surface area contributed by atoms with Gasteiger partial charge in [-0.2, -0.15) is 0 Å². The molecule has 2 aromatic carbocycles. The Morgan fingerprint density at radius 2 is 1.71 bits per heavy atom. The predicted molar refractivity (Wildman–Crippen MR) is 165 cm³/mol. The first-order chi connectivity index (χ1) is 20.0. The predicted octanol–water partition coefficient (Wildman–Crippen LogP) is 5.97. The van der Waals surface area contributed by atoms with Gasteiger partial charge in [0.15, 0.2) is 0 Å². The number of aromatic nitrogens is 2. The largest absolute Gasteiger partial charge is 0.507 e. The third-order valence-electron chi connectivity index (χ3n) is 8.04. The van der Waals surface area contributed by atoms with Gasteiger partial charge >= 0.3 is 5.69 Å². The molecule has 1 amide bonds. The van der Waals surface area contributed by atoms with Crippen molar-refractivity contribution in [1.29, 1.82) is 0 Å². The first kappa shape index (κ1) is 30.6. The van der Waals surface area contributed by atoms with Crippen LogP contribution in [0.4, 0.5) is 0 Å². The van der Waals surface area contributed by atoms with Crippen LogP contribution in [-0.4, -0.2) is 56.8 Å². The molecule has 8 heteroatoms. The van der Waals surface area contributed by atoms with Crippen molar-refractivity contribution < 1.29 is 15.0 Å². The molecule has 3 aromatic rings. The number of amides is 1. The molecular formula is C33H46N4O4. The first-order valence-corrected chi connectivity index (χ1v) is 15.4. The van der Waals surface area contributed by atoms with Gasteiger partial charge in [-0.05, 0) is 36.2 Å². The maximum absolute atomic E-state index is 12.8. The molecule has 0 saturated carbocycles. The number of benzene rings is 2. The van der Waals surface area contributed by atoms with Gasteiger partial charge in [-0.25, -0.2) is 4.79 Å². The number of aromatic amines is 1. The molecule has 222 valence electrons. The van der Waals surface area contributed by atoms with Gasteiger partial charge in [-0.15, -0.1) is 0 Å². The number of aliphatic hydroxyl groups is 1. The zero-order valence-electron chi connectivity index (χ0n) is 24.4. The monoisotopic (exact) mass is 562 g/mol. The van der Waals surface area contributed by atoms with Crippen molar-refractivity contribution in [2.75, 3.05) is 26.2 Å². The zero-order valence-corrected chi connectivity index (χ0v) is 24.4. The van der Waals surface area contributed by atoms with Gasteiger partial charge in [-0.3, -0.25) is 14.3 Å². The second kappa shape index (κ2) is 15.6. The van der Waals surface area contributed by atoms with Crippen molar-refractivity contribution in [2.45, 2.75) is 83.7 Å². The number of para-hydroxylation sites is 2. The number of unbranched alkanes of at least 4 members (excludes halogenated alkanes) is 9. The van der Waals surface area contributed by atoms with E-state index < -0.39 is 6.10 Å². The molecule has 0 radical (unpaired) electrons. The highest BCUT2D eigenvalue weighted by atomic mass is 16.3. The molecule has 0 aliphatic carbocycles. The summed E-state index contributed by atoms with van der Waals surface area (Å²) in [4.78, 5) is 30.3. The van der Waals surface area contributed by atoms with Crippen LogP contribution in [0.25, 0.3) is 16.7 Å². The zero-order chi connectivity index (χ0) is 29.0. The topological polar surface area (TPSA) is 111 Å². The minimum Gasteiger partial charge on any atom is -0.507 e. The number of carbonyl (C=O) groups excluding carboxylic acids is 1. The highest BCUT2D eigenvalue weighted by Gasteiger charge is 2.21. The quantitative estimate of drug-likeness (QED) is 0.161. The van der Waals surface area contributed by atoms with E-state index in [1.165, 1.54) is 57.4 Å². The van der Waals surface area contributed by atoms with Gasteiger partial charge in [0.2, 0.25) is 0 Å². The Kier molecular flexibility index (Phi) is 11.6. The number of phenols is 1. The number of rotatable bonds is 16. The Labute approximate surface area is 243 Å². The first-order valence-electron chi connectivity index (χ1n) is 15.4. The number of hydrogen-bond donors (Lipinski definition) is 4. The fourth-order valence-corrected chi connectivity index (χ4v) is 5.61. The van der Waals surface area contributed by atoms with Crippen molar-refractivity contribution in [3.05, 3.63) is 70.2 Å². The van der Waals surface area contributed by atoms with E-state index in [0.29, 0.717) is 38.2 Å². The summed E-state index contributed by atoms with van der Waals surface area (Å²) in [6, 6.07) is 12.4. The molecule has 1 aromatic heterocycles. The lowest BCUT2D eigenvalue weighted by molar-refractivity contribution is 0.0949. The Hall–Kier alpha value is -3.36. The van der Waals surface area contributed by atoms with Crippen molar-refractivity contribution >= 4 is 22.6 Å². The maximum Gasteiger partial charge on any atom is 0.330 e. The Balaban J connectivity index is 1.22. The molecule has 1 aliphatic heterocycles. The summed E-state index contributed by atoms with van der Waals surface area (Å²) >= 11 is 0. The molecule has 4 N–H and O–H groups in total. The third-order valence-corrected chi connectivity index (χ3v) is 8.04. The Morgan fingerprint density at radius 1 is 1.00 bits per heavy atom. The standard InChI is InChI=1S/C33H46N4O4/c1-2-3-4-5-6-7-8-9-10-13-20-34-32(40)27-23-25(16-17-30(27)38)31(39)24-36-21-18-26(19-22-36)37-29-15-12-11-14-28(29)35-33(37)41/h11-12,14-18,23,31,38-39H,2-10,13,19-22,24H2,1H3,(H,34,40)(H,35,41). The van der Waals surface area contributed by atoms with E-state index in [0.717, 1.165) is 29.6 Å². The summed E-state index contributed by atoms with van der Waals surface area (Å²) in [5, 5.41) is 24.2. The van der Waals surface area contributed by atoms with Crippen molar-refractivity contribution in [1.82, 2.24) is 19.8 Å². The number of nitrogens with zero attached hydrogens (tertiary/aromatic N) is 2. The molecule has 41 heavy (non-hydrogen) atoms. The van der Waals surface area contributed by atoms with Crippen LogP contribution in [0, 0.1) is 0 Å². The number of aliphatic hydroxyl groups excluding tert-OH is 1. The number of phenolic OH excluding ortho intramolecular Hbond substituents is 1. The molecule has 0 bridgehead atoms. The maximum atomic E-state index is 12.8. The summed E-state index contributed by atoms with van der Waals surface area (Å²) in [6.45, 7) is 4.49. The third kappa shape index (κ3) is 8.57. The number of fused-ring (bicyclic) bond motifs is 1. The highest BCUT2D eigenvalue weighted by Crippen LogP contribution is 2.25. The minimum absolute atomic E-state index is 0.0868. The normalized spacial score (nSPS) is 14.7. The minimum atomic E-state index is -0.810. The number of aromatic hydroxyl groups is 1.